The van der Waals surface area contributed by atoms with E-state index in [9.17, 15) is 0 Å². The number of furan rings is 1. The van der Waals surface area contributed by atoms with Gasteiger partial charge in [0.25, 0.3) is 0 Å². The number of rotatable bonds is 2. The molecule has 8 rings (SSSR count). The van der Waals surface area contributed by atoms with Crippen LogP contribution in [0.2, 0.25) is 0 Å². The zero-order chi connectivity index (χ0) is 24.3. The van der Waals surface area contributed by atoms with Gasteiger partial charge in [0.15, 0.2) is 0 Å². The largest absolute Gasteiger partial charge is 0.456 e. The van der Waals surface area contributed by atoms with E-state index in [0.717, 1.165) is 55.4 Å². The highest BCUT2D eigenvalue weighted by molar-refractivity contribution is 6.19. The van der Waals surface area contributed by atoms with Gasteiger partial charge in [-0.3, -0.25) is 4.98 Å². The van der Waals surface area contributed by atoms with Gasteiger partial charge in [0.1, 0.15) is 11.2 Å². The first-order valence-corrected chi connectivity index (χ1v) is 12.4. The number of aromatic nitrogens is 2. The third kappa shape index (κ3) is 3.08. The normalized spacial score (nSPS) is 11.8. The van der Waals surface area contributed by atoms with Crippen molar-refractivity contribution >= 4 is 54.4 Å². The monoisotopic (exact) mass is 472 g/mol. The molecule has 0 N–H and O–H groups in total. The summed E-state index contributed by atoms with van der Waals surface area (Å²) in [6, 6.07) is 39.9. The van der Waals surface area contributed by atoms with Gasteiger partial charge in [-0.1, -0.05) is 84.9 Å². The maximum Gasteiger partial charge on any atom is 0.136 e. The minimum Gasteiger partial charge on any atom is -0.456 e. The molecule has 0 aliphatic rings. The zero-order valence-corrected chi connectivity index (χ0v) is 19.8. The van der Waals surface area contributed by atoms with E-state index in [2.05, 4.69) is 109 Å². The van der Waals surface area contributed by atoms with Crippen molar-refractivity contribution in [2.45, 2.75) is 0 Å². The standard InChI is InChI=1S/C34H20N2O/c1-2-8-24-21(7-1)15-18-31-33(24)28-16-13-22(19-32(28)37-31)23-14-17-30(35-20-23)34-27-11-4-3-9-25(27)26-10-5-6-12-29(26)36-34/h1-20H. The number of fused-ring (bicyclic) bond motifs is 8. The quantitative estimate of drug-likeness (QED) is 0.235. The molecule has 0 aliphatic carbocycles. The second-order valence-corrected chi connectivity index (χ2v) is 9.43. The first kappa shape index (κ1) is 20.2. The Hall–Kier alpha value is -5.02. The van der Waals surface area contributed by atoms with Gasteiger partial charge in [0.05, 0.1) is 16.9 Å². The summed E-state index contributed by atoms with van der Waals surface area (Å²) in [5, 5.41) is 8.19. The van der Waals surface area contributed by atoms with Crippen molar-refractivity contribution in [3.63, 3.8) is 0 Å². The topological polar surface area (TPSA) is 38.9 Å². The molecule has 3 heteroatoms. The van der Waals surface area contributed by atoms with Crippen LogP contribution in [0.4, 0.5) is 0 Å². The summed E-state index contributed by atoms with van der Waals surface area (Å²) in [5.74, 6) is 0. The van der Waals surface area contributed by atoms with Gasteiger partial charge in [-0.25, -0.2) is 4.98 Å². The molecule has 172 valence electrons. The molecule has 37 heavy (non-hydrogen) atoms. The van der Waals surface area contributed by atoms with Gasteiger partial charge >= 0.3 is 0 Å². The maximum atomic E-state index is 6.27. The van der Waals surface area contributed by atoms with Crippen molar-refractivity contribution in [3.8, 4) is 22.5 Å². The first-order chi connectivity index (χ1) is 18.3. The van der Waals surface area contributed by atoms with Gasteiger partial charge in [-0.2, -0.15) is 0 Å². The molecule has 0 radical (unpaired) electrons. The number of benzene rings is 5. The van der Waals surface area contributed by atoms with Crippen molar-refractivity contribution < 1.29 is 4.42 Å². The van der Waals surface area contributed by atoms with Crippen LogP contribution < -0.4 is 0 Å². The van der Waals surface area contributed by atoms with Gasteiger partial charge in [-0.05, 0) is 52.1 Å². The van der Waals surface area contributed by atoms with E-state index in [1.54, 1.807) is 0 Å². The summed E-state index contributed by atoms with van der Waals surface area (Å²) in [5.41, 5.74) is 6.66. The SMILES string of the molecule is c1ccc2c(c1)ccc1oc3cc(-c4ccc(-c5nc6ccccc6c6ccccc56)nc4)ccc3c12. The molecule has 0 spiro atoms. The van der Waals surface area contributed by atoms with Crippen LogP contribution in [0.3, 0.4) is 0 Å². The molecule has 0 saturated carbocycles. The molecule has 0 aliphatic heterocycles. The molecule has 8 aromatic rings. The molecule has 5 aromatic carbocycles. The fourth-order valence-corrected chi connectivity index (χ4v) is 5.53. The maximum absolute atomic E-state index is 6.27. The minimum absolute atomic E-state index is 0.863. The molecule has 3 nitrogen and oxygen atoms in total. The Labute approximate surface area is 212 Å². The molecule has 0 unspecified atom stereocenters. The van der Waals surface area contributed by atoms with Crippen LogP contribution in [0.1, 0.15) is 0 Å². The molecular formula is C34H20N2O. The second kappa shape index (κ2) is 7.74. The van der Waals surface area contributed by atoms with Crippen molar-refractivity contribution in [3.05, 3.63) is 121 Å². The Morgan fingerprint density at radius 2 is 1.27 bits per heavy atom. The highest BCUT2D eigenvalue weighted by Gasteiger charge is 2.13. The minimum atomic E-state index is 0.863. The Morgan fingerprint density at radius 1 is 0.514 bits per heavy atom. The van der Waals surface area contributed by atoms with Gasteiger partial charge in [-0.15, -0.1) is 0 Å². The fraction of sp³-hybridized carbons (Fsp3) is 0. The summed E-state index contributed by atoms with van der Waals surface area (Å²) in [7, 11) is 0. The number of pyridine rings is 2. The lowest BCUT2D eigenvalue weighted by Crippen LogP contribution is -1.92. The van der Waals surface area contributed by atoms with E-state index < -0.39 is 0 Å². The molecule has 0 fully saturated rings. The van der Waals surface area contributed by atoms with Crippen molar-refractivity contribution in [2.75, 3.05) is 0 Å². The molecule has 0 amide bonds. The highest BCUT2D eigenvalue weighted by Crippen LogP contribution is 2.37. The highest BCUT2D eigenvalue weighted by atomic mass is 16.3. The number of nitrogens with zero attached hydrogens (tertiary/aromatic N) is 2. The third-order valence-electron chi connectivity index (χ3n) is 7.31. The van der Waals surface area contributed by atoms with Crippen LogP contribution in [0.5, 0.6) is 0 Å². The predicted molar refractivity (Wildman–Crippen MR) is 153 cm³/mol. The van der Waals surface area contributed by atoms with Crippen molar-refractivity contribution in [1.29, 1.82) is 0 Å². The van der Waals surface area contributed by atoms with Gasteiger partial charge in [0, 0.05) is 33.3 Å². The van der Waals surface area contributed by atoms with Crippen molar-refractivity contribution in [1.82, 2.24) is 9.97 Å². The fourth-order valence-electron chi connectivity index (χ4n) is 5.53. The van der Waals surface area contributed by atoms with Gasteiger partial charge < -0.3 is 4.42 Å². The summed E-state index contributed by atoms with van der Waals surface area (Å²) in [6.07, 6.45) is 1.93. The van der Waals surface area contributed by atoms with E-state index in [0.29, 0.717) is 0 Å². The Bertz CT molecular complexity index is 2140. The van der Waals surface area contributed by atoms with Crippen LogP contribution in [-0.2, 0) is 0 Å². The molecular weight excluding hydrogens is 452 g/mol. The van der Waals surface area contributed by atoms with Crippen molar-refractivity contribution in [2.24, 2.45) is 0 Å². The first-order valence-electron chi connectivity index (χ1n) is 12.4. The Morgan fingerprint density at radius 3 is 2.14 bits per heavy atom. The van der Waals surface area contributed by atoms with E-state index in [1.165, 1.54) is 21.5 Å². The smallest absolute Gasteiger partial charge is 0.136 e. The Balaban J connectivity index is 1.25. The molecule has 3 aromatic heterocycles. The lowest BCUT2D eigenvalue weighted by molar-refractivity contribution is 0.669. The van der Waals surface area contributed by atoms with E-state index in [-0.39, 0.29) is 0 Å². The molecule has 0 saturated heterocycles. The number of hydrogen-bond donors (Lipinski definition) is 0. The van der Waals surface area contributed by atoms with Crippen LogP contribution in [0, 0.1) is 0 Å². The summed E-state index contributed by atoms with van der Waals surface area (Å²) >= 11 is 0. The predicted octanol–water partition coefficient (Wildman–Crippen LogP) is 9.17. The molecule has 0 bridgehead atoms. The summed E-state index contributed by atoms with van der Waals surface area (Å²) in [6.45, 7) is 0. The third-order valence-corrected chi connectivity index (χ3v) is 7.31. The summed E-state index contributed by atoms with van der Waals surface area (Å²) < 4.78 is 6.27. The van der Waals surface area contributed by atoms with Gasteiger partial charge in [0.2, 0.25) is 0 Å². The van der Waals surface area contributed by atoms with E-state index in [1.807, 2.05) is 12.3 Å². The second-order valence-electron chi connectivity index (χ2n) is 9.43. The number of para-hydroxylation sites is 1. The lowest BCUT2D eigenvalue weighted by Gasteiger charge is -2.10. The van der Waals surface area contributed by atoms with Crippen LogP contribution in [0.15, 0.2) is 126 Å². The van der Waals surface area contributed by atoms with Crippen LogP contribution in [0.25, 0.3) is 76.9 Å². The van der Waals surface area contributed by atoms with Crippen LogP contribution >= 0.6 is 0 Å². The molecule has 0 atom stereocenters. The lowest BCUT2D eigenvalue weighted by atomic mass is 10.0. The average molecular weight is 473 g/mol. The Kier molecular flexibility index (Phi) is 4.23. The van der Waals surface area contributed by atoms with Crippen LogP contribution in [-0.4, -0.2) is 9.97 Å². The zero-order valence-electron chi connectivity index (χ0n) is 19.8. The van der Waals surface area contributed by atoms with E-state index >= 15 is 0 Å². The molecule has 3 heterocycles. The number of hydrogen-bond acceptors (Lipinski definition) is 3. The average Bonchev–Trinajstić information content (AvgIpc) is 3.35. The van der Waals surface area contributed by atoms with E-state index in [4.69, 9.17) is 14.4 Å². The summed E-state index contributed by atoms with van der Waals surface area (Å²) in [4.78, 5) is 9.84.